The molecule has 150 valence electrons. The van der Waals surface area contributed by atoms with Gasteiger partial charge in [0.15, 0.2) is 11.4 Å². The van der Waals surface area contributed by atoms with Crippen molar-refractivity contribution in [2.45, 2.75) is 43.9 Å². The molecule has 1 aliphatic heterocycles. The minimum Gasteiger partial charge on any atom is -0.374 e. The van der Waals surface area contributed by atoms with Gasteiger partial charge >= 0.3 is 0 Å². The van der Waals surface area contributed by atoms with Crippen LogP contribution in [0.3, 0.4) is 0 Å². The molecule has 4 atom stereocenters. The van der Waals surface area contributed by atoms with Crippen LogP contribution in [0.25, 0.3) is 0 Å². The lowest BCUT2D eigenvalue weighted by atomic mass is 10.1. The molecule has 0 radical (unpaired) electrons. The molecule has 2 aromatic rings. The fourth-order valence-electron chi connectivity index (χ4n) is 3.17. The Morgan fingerprint density at radius 2 is 1.61 bits per heavy atom. The summed E-state index contributed by atoms with van der Waals surface area (Å²) in [6.45, 7) is 2.85. The monoisotopic (exact) mass is 402 g/mol. The molecular formula is C22H26O5S. The first-order chi connectivity index (χ1) is 13.7. The van der Waals surface area contributed by atoms with Gasteiger partial charge in [-0.05, 0) is 11.1 Å². The van der Waals surface area contributed by atoms with Gasteiger partial charge < -0.3 is 18.9 Å². The van der Waals surface area contributed by atoms with Crippen molar-refractivity contribution in [3.63, 3.8) is 0 Å². The van der Waals surface area contributed by atoms with E-state index < -0.39 is 6.29 Å². The van der Waals surface area contributed by atoms with Crippen molar-refractivity contribution in [3.8, 4) is 0 Å². The van der Waals surface area contributed by atoms with Gasteiger partial charge in [-0.1, -0.05) is 72.4 Å². The molecule has 0 aromatic heterocycles. The van der Waals surface area contributed by atoms with E-state index in [2.05, 4.69) is 0 Å². The largest absolute Gasteiger partial charge is 0.374 e. The van der Waals surface area contributed by atoms with E-state index in [9.17, 15) is 4.79 Å². The third kappa shape index (κ3) is 5.90. The Bertz CT molecular complexity index is 724. The van der Waals surface area contributed by atoms with Crippen molar-refractivity contribution in [2.75, 3.05) is 13.7 Å². The van der Waals surface area contributed by atoms with Crippen LogP contribution in [-0.4, -0.2) is 42.6 Å². The van der Waals surface area contributed by atoms with Gasteiger partial charge in [0, 0.05) is 14.0 Å². The quantitative estimate of drug-likeness (QED) is 0.636. The maximum atomic E-state index is 11.8. The summed E-state index contributed by atoms with van der Waals surface area (Å²) in [7, 11) is 1.58. The number of hydrogen-bond acceptors (Lipinski definition) is 6. The van der Waals surface area contributed by atoms with Crippen LogP contribution < -0.4 is 0 Å². The van der Waals surface area contributed by atoms with Crippen molar-refractivity contribution in [1.29, 1.82) is 0 Å². The van der Waals surface area contributed by atoms with Crippen molar-refractivity contribution < 1.29 is 23.7 Å². The van der Waals surface area contributed by atoms with Crippen LogP contribution in [0.15, 0.2) is 60.7 Å². The molecule has 5 nitrogen and oxygen atoms in total. The normalized spacial score (nSPS) is 24.4. The molecule has 0 spiro atoms. The lowest BCUT2D eigenvalue weighted by molar-refractivity contribution is -0.137. The minimum absolute atomic E-state index is 0.00909. The zero-order valence-electron chi connectivity index (χ0n) is 16.2. The zero-order valence-corrected chi connectivity index (χ0v) is 17.0. The number of rotatable bonds is 9. The first-order valence-corrected chi connectivity index (χ1v) is 10.2. The molecule has 1 fully saturated rings. The number of ether oxygens (including phenoxy) is 4. The predicted octanol–water partition coefficient (Wildman–Crippen LogP) is 3.81. The van der Waals surface area contributed by atoms with Crippen LogP contribution in [0.5, 0.6) is 0 Å². The van der Waals surface area contributed by atoms with E-state index in [0.717, 1.165) is 11.1 Å². The fourth-order valence-corrected chi connectivity index (χ4v) is 4.23. The Labute approximate surface area is 170 Å². The van der Waals surface area contributed by atoms with Gasteiger partial charge in [0.1, 0.15) is 12.2 Å². The summed E-state index contributed by atoms with van der Waals surface area (Å²) in [5.41, 5.74) is 2.17. The molecule has 1 saturated heterocycles. The van der Waals surface area contributed by atoms with Gasteiger partial charge in [0.2, 0.25) is 0 Å². The lowest BCUT2D eigenvalue weighted by Crippen LogP contribution is -2.36. The summed E-state index contributed by atoms with van der Waals surface area (Å²) in [6, 6.07) is 19.9. The Balaban J connectivity index is 1.65. The van der Waals surface area contributed by atoms with E-state index in [4.69, 9.17) is 18.9 Å². The van der Waals surface area contributed by atoms with E-state index >= 15 is 0 Å². The number of benzene rings is 2. The van der Waals surface area contributed by atoms with Crippen LogP contribution in [0, 0.1) is 0 Å². The third-order valence-electron chi connectivity index (χ3n) is 4.48. The molecule has 0 amide bonds. The first-order valence-electron chi connectivity index (χ1n) is 9.30. The summed E-state index contributed by atoms with van der Waals surface area (Å²) in [6.07, 6.45) is -1.14. The Hall–Kier alpha value is -1.70. The molecule has 3 rings (SSSR count). The van der Waals surface area contributed by atoms with Gasteiger partial charge in [-0.3, -0.25) is 4.79 Å². The molecule has 28 heavy (non-hydrogen) atoms. The van der Waals surface area contributed by atoms with Gasteiger partial charge in [-0.2, -0.15) is 0 Å². The second kappa shape index (κ2) is 10.7. The standard InChI is InChI=1S/C22H26O5S/c1-16(23)28-21-20(26-14-18-11-7-4-8-12-18)19(27-22(21)24-2)15-25-13-17-9-5-3-6-10-17/h3-12,19-22H,13-15H2,1-2H3/t19-,20-,21+,22+/m1/s1. The molecule has 0 aliphatic carbocycles. The fraction of sp³-hybridized carbons (Fsp3) is 0.409. The average molecular weight is 403 g/mol. The second-order valence-corrected chi connectivity index (χ2v) is 7.97. The summed E-state index contributed by atoms with van der Waals surface area (Å²) in [5.74, 6) is 0. The highest BCUT2D eigenvalue weighted by Crippen LogP contribution is 2.35. The number of hydrogen-bond donors (Lipinski definition) is 0. The van der Waals surface area contributed by atoms with Crippen LogP contribution in [-0.2, 0) is 37.0 Å². The maximum absolute atomic E-state index is 11.8. The van der Waals surface area contributed by atoms with E-state index in [1.807, 2.05) is 60.7 Å². The predicted molar refractivity (Wildman–Crippen MR) is 109 cm³/mol. The average Bonchev–Trinajstić information content (AvgIpc) is 3.04. The molecule has 0 unspecified atom stereocenters. The van der Waals surface area contributed by atoms with E-state index in [0.29, 0.717) is 19.8 Å². The summed E-state index contributed by atoms with van der Waals surface area (Å²) in [5, 5.41) is -0.230. The maximum Gasteiger partial charge on any atom is 0.186 e. The minimum atomic E-state index is -0.514. The van der Waals surface area contributed by atoms with E-state index in [-0.39, 0.29) is 22.6 Å². The highest BCUT2D eigenvalue weighted by molar-refractivity contribution is 8.14. The third-order valence-corrected chi connectivity index (χ3v) is 5.58. The smallest absolute Gasteiger partial charge is 0.186 e. The zero-order chi connectivity index (χ0) is 19.8. The SMILES string of the molecule is CO[C@H]1O[C@H](COCc2ccccc2)[C@@H](OCc2ccccc2)[C@@H]1SC(C)=O. The first kappa shape index (κ1) is 21.0. The highest BCUT2D eigenvalue weighted by atomic mass is 32.2. The Morgan fingerprint density at radius 1 is 1.00 bits per heavy atom. The number of thioether (sulfide) groups is 1. The van der Waals surface area contributed by atoms with Crippen LogP contribution in [0.4, 0.5) is 0 Å². The molecule has 6 heteroatoms. The van der Waals surface area contributed by atoms with Gasteiger partial charge in [-0.25, -0.2) is 0 Å². The van der Waals surface area contributed by atoms with Crippen molar-refractivity contribution in [3.05, 3.63) is 71.8 Å². The molecule has 1 heterocycles. The topological polar surface area (TPSA) is 54.0 Å². The van der Waals surface area contributed by atoms with E-state index in [1.54, 1.807) is 14.0 Å². The van der Waals surface area contributed by atoms with E-state index in [1.165, 1.54) is 11.8 Å². The van der Waals surface area contributed by atoms with Crippen LogP contribution >= 0.6 is 11.8 Å². The number of carbonyl (C=O) groups excluding carboxylic acids is 1. The number of carbonyl (C=O) groups is 1. The van der Waals surface area contributed by atoms with Crippen LogP contribution in [0.2, 0.25) is 0 Å². The van der Waals surface area contributed by atoms with Crippen molar-refractivity contribution >= 4 is 16.9 Å². The molecule has 0 saturated carbocycles. The van der Waals surface area contributed by atoms with Gasteiger partial charge in [0.05, 0.1) is 25.1 Å². The van der Waals surface area contributed by atoms with Crippen LogP contribution in [0.1, 0.15) is 18.1 Å². The lowest BCUT2D eigenvalue weighted by Gasteiger charge is -2.23. The molecule has 1 aliphatic rings. The molecule has 2 aromatic carbocycles. The number of methoxy groups -OCH3 is 1. The second-order valence-electron chi connectivity index (χ2n) is 6.61. The van der Waals surface area contributed by atoms with Gasteiger partial charge in [0.25, 0.3) is 0 Å². The van der Waals surface area contributed by atoms with Gasteiger partial charge in [-0.15, -0.1) is 0 Å². The molecule has 0 bridgehead atoms. The Morgan fingerprint density at radius 3 is 2.18 bits per heavy atom. The summed E-state index contributed by atoms with van der Waals surface area (Å²) in [4.78, 5) is 11.8. The Kier molecular flexibility index (Phi) is 8.06. The molecular weight excluding hydrogens is 376 g/mol. The summed E-state index contributed by atoms with van der Waals surface area (Å²) < 4.78 is 23.6. The highest BCUT2D eigenvalue weighted by Gasteiger charge is 2.47. The van der Waals surface area contributed by atoms with Crippen molar-refractivity contribution in [2.24, 2.45) is 0 Å². The molecule has 0 N–H and O–H groups in total. The summed E-state index contributed by atoms with van der Waals surface area (Å²) >= 11 is 1.20. The van der Waals surface area contributed by atoms with Crippen molar-refractivity contribution in [1.82, 2.24) is 0 Å².